The second kappa shape index (κ2) is 6.47. The number of fused-ring (bicyclic) bond motifs is 1. The molecule has 0 aromatic carbocycles. The van der Waals surface area contributed by atoms with Crippen molar-refractivity contribution in [3.05, 3.63) is 22.1 Å². The van der Waals surface area contributed by atoms with E-state index in [9.17, 15) is 9.90 Å². The van der Waals surface area contributed by atoms with E-state index in [4.69, 9.17) is 4.74 Å². The van der Waals surface area contributed by atoms with Crippen LogP contribution in [0.3, 0.4) is 0 Å². The van der Waals surface area contributed by atoms with E-state index in [-0.39, 0.29) is 12.3 Å². The summed E-state index contributed by atoms with van der Waals surface area (Å²) in [5.74, 6) is -1.02. The first-order valence-corrected chi connectivity index (χ1v) is 11.5. The molecule has 1 N–H and O–H groups in total. The largest absolute Gasteiger partial charge is 0.478 e. The smallest absolute Gasteiger partial charge is 0.339 e. The van der Waals surface area contributed by atoms with E-state index in [0.717, 1.165) is 6.04 Å². The lowest BCUT2D eigenvalue weighted by atomic mass is 10.3. The molecular weight excluding hydrogens is 366 g/mol. The minimum Gasteiger partial charge on any atom is -0.478 e. The third-order valence-corrected chi connectivity index (χ3v) is 5.72. The van der Waals surface area contributed by atoms with Gasteiger partial charge in [-0.1, -0.05) is 19.6 Å². The molecule has 0 aliphatic rings. The number of rotatable bonds is 6. The molecule has 2 heterocycles. The van der Waals surface area contributed by atoms with Crippen LogP contribution in [-0.4, -0.2) is 40.3 Å². The zero-order valence-electron chi connectivity index (χ0n) is 13.2. The maximum Gasteiger partial charge on any atom is 0.339 e. The lowest BCUT2D eigenvalue weighted by molar-refractivity contribution is 0.0696. The van der Waals surface area contributed by atoms with Crippen molar-refractivity contribution < 1.29 is 14.6 Å². The Morgan fingerprint density at radius 2 is 2.09 bits per heavy atom. The third kappa shape index (κ3) is 3.93. The monoisotopic (exact) mass is 385 g/mol. The summed E-state index contributed by atoms with van der Waals surface area (Å²) in [5, 5.41) is 9.30. The standard InChI is InChI=1S/C14H20BrN3O3Si/c1-9-12(15)17-11-10(14(19)20)7-18(13(11)16-9)8-21-5-6-22(2,3)4/h7H,5-6,8H2,1-4H3,(H,19,20). The highest BCUT2D eigenvalue weighted by molar-refractivity contribution is 9.10. The number of hydrogen-bond donors (Lipinski definition) is 1. The van der Waals surface area contributed by atoms with Crippen LogP contribution in [0.1, 0.15) is 16.1 Å². The molecule has 8 heteroatoms. The molecule has 0 amide bonds. The van der Waals surface area contributed by atoms with E-state index in [0.29, 0.717) is 28.1 Å². The van der Waals surface area contributed by atoms with Gasteiger partial charge < -0.3 is 14.4 Å². The highest BCUT2D eigenvalue weighted by Gasteiger charge is 2.18. The van der Waals surface area contributed by atoms with E-state index in [1.807, 2.05) is 6.92 Å². The number of halogens is 1. The molecule has 22 heavy (non-hydrogen) atoms. The van der Waals surface area contributed by atoms with Crippen molar-refractivity contribution in [2.45, 2.75) is 39.3 Å². The predicted molar refractivity (Wildman–Crippen MR) is 91.0 cm³/mol. The summed E-state index contributed by atoms with van der Waals surface area (Å²) < 4.78 is 7.95. The van der Waals surface area contributed by atoms with Crippen molar-refractivity contribution in [3.8, 4) is 0 Å². The number of aromatic nitrogens is 3. The van der Waals surface area contributed by atoms with Gasteiger partial charge in [0.1, 0.15) is 22.4 Å². The molecular formula is C14H20BrN3O3Si. The topological polar surface area (TPSA) is 77.2 Å². The van der Waals surface area contributed by atoms with Crippen LogP contribution >= 0.6 is 15.9 Å². The first-order chi connectivity index (χ1) is 10.2. The van der Waals surface area contributed by atoms with Crippen LogP contribution in [0.15, 0.2) is 10.8 Å². The lowest BCUT2D eigenvalue weighted by Crippen LogP contribution is -2.22. The fourth-order valence-electron chi connectivity index (χ4n) is 1.94. The Hall–Kier alpha value is -1.25. The van der Waals surface area contributed by atoms with Gasteiger partial charge in [-0.25, -0.2) is 14.8 Å². The maximum atomic E-state index is 11.4. The highest BCUT2D eigenvalue weighted by Crippen LogP contribution is 2.22. The molecule has 0 bridgehead atoms. The lowest BCUT2D eigenvalue weighted by Gasteiger charge is -2.15. The number of ether oxygens (including phenoxy) is 1. The predicted octanol–water partition coefficient (Wildman–Crippen LogP) is 3.51. The number of nitrogens with zero attached hydrogens (tertiary/aromatic N) is 3. The third-order valence-electron chi connectivity index (χ3n) is 3.26. The molecule has 0 radical (unpaired) electrons. The Balaban J connectivity index is 2.26. The Morgan fingerprint density at radius 3 is 2.68 bits per heavy atom. The molecule has 0 unspecified atom stereocenters. The van der Waals surface area contributed by atoms with Crippen LogP contribution in [-0.2, 0) is 11.5 Å². The van der Waals surface area contributed by atoms with E-state index in [1.165, 1.54) is 6.20 Å². The summed E-state index contributed by atoms with van der Waals surface area (Å²) in [5.41, 5.74) is 1.76. The molecule has 2 rings (SSSR count). The molecule has 2 aromatic rings. The second-order valence-electron chi connectivity index (χ2n) is 6.44. The fourth-order valence-corrected chi connectivity index (χ4v) is 2.96. The van der Waals surface area contributed by atoms with Crippen LogP contribution in [0.4, 0.5) is 0 Å². The van der Waals surface area contributed by atoms with Gasteiger partial charge >= 0.3 is 5.97 Å². The van der Waals surface area contributed by atoms with Crippen LogP contribution in [0, 0.1) is 6.92 Å². The molecule has 0 fully saturated rings. The van der Waals surface area contributed by atoms with E-state index < -0.39 is 14.0 Å². The van der Waals surface area contributed by atoms with E-state index in [2.05, 4.69) is 45.5 Å². The molecule has 0 aliphatic heterocycles. The number of carbonyl (C=O) groups is 1. The number of carboxylic acid groups (broad SMARTS) is 1. The second-order valence-corrected chi connectivity index (χ2v) is 12.8. The number of aryl methyl sites for hydroxylation is 1. The Bertz CT molecular complexity index is 709. The molecule has 2 aromatic heterocycles. The number of aromatic carboxylic acids is 1. The molecule has 0 saturated heterocycles. The Kier molecular flexibility index (Phi) is 5.03. The van der Waals surface area contributed by atoms with Crippen LogP contribution in [0.5, 0.6) is 0 Å². The minimum atomic E-state index is -1.14. The van der Waals surface area contributed by atoms with Gasteiger partial charge in [-0.2, -0.15) is 0 Å². The van der Waals surface area contributed by atoms with E-state index >= 15 is 0 Å². The van der Waals surface area contributed by atoms with Crippen molar-refractivity contribution in [2.75, 3.05) is 6.61 Å². The van der Waals surface area contributed by atoms with Crippen molar-refractivity contribution in [2.24, 2.45) is 0 Å². The molecule has 120 valence electrons. The normalized spacial score (nSPS) is 12.0. The fraction of sp³-hybridized carbons (Fsp3) is 0.500. The summed E-state index contributed by atoms with van der Waals surface area (Å²) in [6.07, 6.45) is 1.54. The maximum absolute atomic E-state index is 11.4. The summed E-state index contributed by atoms with van der Waals surface area (Å²) in [7, 11) is -1.14. The van der Waals surface area contributed by atoms with Crippen molar-refractivity contribution >= 4 is 41.1 Å². The average molecular weight is 386 g/mol. The molecule has 0 spiro atoms. The number of hydrogen-bond acceptors (Lipinski definition) is 4. The van der Waals surface area contributed by atoms with Gasteiger partial charge in [0, 0.05) is 20.9 Å². The van der Waals surface area contributed by atoms with Gasteiger partial charge in [0.15, 0.2) is 5.65 Å². The first-order valence-electron chi connectivity index (χ1n) is 7.03. The van der Waals surface area contributed by atoms with Gasteiger partial charge in [0.2, 0.25) is 0 Å². The SMILES string of the molecule is Cc1nc2c(nc1Br)c(C(=O)O)cn2COCC[Si](C)(C)C. The summed E-state index contributed by atoms with van der Waals surface area (Å²) in [4.78, 5) is 20.1. The van der Waals surface area contributed by atoms with Crippen LogP contribution in [0.25, 0.3) is 11.2 Å². The van der Waals surface area contributed by atoms with Gasteiger partial charge in [-0.15, -0.1) is 0 Å². The van der Waals surface area contributed by atoms with Gasteiger partial charge in [0.05, 0.1) is 5.69 Å². The quantitative estimate of drug-likeness (QED) is 0.607. The van der Waals surface area contributed by atoms with Crippen LogP contribution < -0.4 is 0 Å². The zero-order chi connectivity index (χ0) is 16.5. The molecule has 6 nitrogen and oxygen atoms in total. The first kappa shape index (κ1) is 17.1. The van der Waals surface area contributed by atoms with Crippen LogP contribution in [0.2, 0.25) is 25.7 Å². The molecule has 0 aliphatic carbocycles. The number of carboxylic acids is 1. The van der Waals surface area contributed by atoms with Crippen molar-refractivity contribution in [1.29, 1.82) is 0 Å². The molecule has 0 atom stereocenters. The van der Waals surface area contributed by atoms with Gasteiger partial charge in [-0.3, -0.25) is 0 Å². The van der Waals surface area contributed by atoms with Gasteiger partial charge in [0.25, 0.3) is 0 Å². The summed E-state index contributed by atoms with van der Waals surface area (Å²) in [6.45, 7) is 9.63. The zero-order valence-corrected chi connectivity index (χ0v) is 15.8. The van der Waals surface area contributed by atoms with Crippen molar-refractivity contribution in [3.63, 3.8) is 0 Å². The van der Waals surface area contributed by atoms with E-state index in [1.54, 1.807) is 4.57 Å². The summed E-state index contributed by atoms with van der Waals surface area (Å²) in [6, 6.07) is 1.06. The summed E-state index contributed by atoms with van der Waals surface area (Å²) >= 11 is 3.29. The highest BCUT2D eigenvalue weighted by atomic mass is 79.9. The van der Waals surface area contributed by atoms with Crippen molar-refractivity contribution in [1.82, 2.24) is 14.5 Å². The average Bonchev–Trinajstić information content (AvgIpc) is 2.73. The Labute approximate surface area is 138 Å². The Morgan fingerprint density at radius 1 is 1.41 bits per heavy atom. The van der Waals surface area contributed by atoms with Gasteiger partial charge in [-0.05, 0) is 28.9 Å². The molecule has 0 saturated carbocycles. The minimum absolute atomic E-state index is 0.136.